The topological polar surface area (TPSA) is 87.7 Å². The van der Waals surface area contributed by atoms with E-state index in [1.54, 1.807) is 18.2 Å². The van der Waals surface area contributed by atoms with Crippen LogP contribution in [0.25, 0.3) is 0 Å². The molecule has 1 aliphatic carbocycles. The van der Waals surface area contributed by atoms with Gasteiger partial charge in [-0.15, -0.1) is 0 Å². The first-order valence-corrected chi connectivity index (χ1v) is 9.63. The van der Waals surface area contributed by atoms with Crippen LogP contribution in [0.1, 0.15) is 30.4 Å². The van der Waals surface area contributed by atoms with Crippen LogP contribution in [0.3, 0.4) is 0 Å². The fourth-order valence-electron chi connectivity index (χ4n) is 3.47. The van der Waals surface area contributed by atoms with Crippen molar-refractivity contribution >= 4 is 12.0 Å². The van der Waals surface area contributed by atoms with Crippen LogP contribution < -0.4 is 10.6 Å². The van der Waals surface area contributed by atoms with Gasteiger partial charge in [0.25, 0.3) is 0 Å². The number of aromatic hydroxyl groups is 1. The van der Waals surface area contributed by atoms with E-state index < -0.39 is 6.09 Å². The van der Waals surface area contributed by atoms with Gasteiger partial charge in [-0.25, -0.2) is 4.79 Å². The van der Waals surface area contributed by atoms with Crippen LogP contribution in [0.4, 0.5) is 4.79 Å². The van der Waals surface area contributed by atoms with E-state index >= 15 is 0 Å². The standard InChI is InChI=1S/C22H26N2O4/c25-20-8-4-7-16(13-20)11-12-23-21(26)18-9-10-19(14-18)24-22(27)28-15-17-5-2-1-3-6-17/h1-8,13,18-19,25H,9-12,14-15H2,(H,23,26)(H,24,27)/t18-,19+/m1/s1. The molecule has 1 aliphatic rings. The highest BCUT2D eigenvalue weighted by Crippen LogP contribution is 2.26. The summed E-state index contributed by atoms with van der Waals surface area (Å²) in [7, 11) is 0. The second-order valence-electron chi connectivity index (χ2n) is 7.12. The molecule has 2 atom stereocenters. The summed E-state index contributed by atoms with van der Waals surface area (Å²) in [6.07, 6.45) is 2.37. The Morgan fingerprint density at radius 2 is 1.82 bits per heavy atom. The molecule has 148 valence electrons. The highest BCUT2D eigenvalue weighted by Gasteiger charge is 2.30. The molecular weight excluding hydrogens is 356 g/mol. The van der Waals surface area contributed by atoms with Crippen LogP contribution in [0, 0.1) is 5.92 Å². The number of ether oxygens (including phenoxy) is 1. The molecule has 2 aromatic rings. The summed E-state index contributed by atoms with van der Waals surface area (Å²) in [6, 6.07) is 16.5. The number of hydrogen-bond donors (Lipinski definition) is 3. The van der Waals surface area contributed by atoms with E-state index in [0.717, 1.165) is 24.0 Å². The van der Waals surface area contributed by atoms with Crippen LogP contribution in [-0.4, -0.2) is 29.7 Å². The van der Waals surface area contributed by atoms with E-state index in [0.29, 0.717) is 19.4 Å². The molecule has 6 nitrogen and oxygen atoms in total. The lowest BCUT2D eigenvalue weighted by Crippen LogP contribution is -2.35. The molecule has 0 saturated heterocycles. The Hall–Kier alpha value is -3.02. The number of alkyl carbamates (subject to hydrolysis) is 1. The summed E-state index contributed by atoms with van der Waals surface area (Å²) >= 11 is 0. The fourth-order valence-corrected chi connectivity index (χ4v) is 3.47. The number of hydrogen-bond acceptors (Lipinski definition) is 4. The second-order valence-corrected chi connectivity index (χ2v) is 7.12. The van der Waals surface area contributed by atoms with Gasteiger partial charge in [0.1, 0.15) is 12.4 Å². The molecule has 28 heavy (non-hydrogen) atoms. The molecule has 3 rings (SSSR count). The van der Waals surface area contributed by atoms with E-state index in [9.17, 15) is 14.7 Å². The normalized spacial score (nSPS) is 18.4. The van der Waals surface area contributed by atoms with E-state index in [1.807, 2.05) is 36.4 Å². The minimum Gasteiger partial charge on any atom is -0.508 e. The van der Waals surface area contributed by atoms with E-state index in [-0.39, 0.29) is 30.2 Å². The van der Waals surface area contributed by atoms with Crippen molar-refractivity contribution in [1.82, 2.24) is 10.6 Å². The maximum absolute atomic E-state index is 12.3. The quantitative estimate of drug-likeness (QED) is 0.686. The zero-order chi connectivity index (χ0) is 19.8. The van der Waals surface area contributed by atoms with Crippen molar-refractivity contribution in [3.8, 4) is 5.75 Å². The van der Waals surface area contributed by atoms with Gasteiger partial charge in [-0.3, -0.25) is 4.79 Å². The predicted molar refractivity (Wildman–Crippen MR) is 106 cm³/mol. The molecule has 1 fully saturated rings. The van der Waals surface area contributed by atoms with E-state index in [1.165, 1.54) is 0 Å². The van der Waals surface area contributed by atoms with Crippen LogP contribution in [0.5, 0.6) is 5.75 Å². The van der Waals surface area contributed by atoms with Crippen molar-refractivity contribution in [2.45, 2.75) is 38.3 Å². The summed E-state index contributed by atoms with van der Waals surface area (Å²) in [6.45, 7) is 0.758. The smallest absolute Gasteiger partial charge is 0.407 e. The average Bonchev–Trinajstić information content (AvgIpc) is 3.16. The first kappa shape index (κ1) is 19.7. The van der Waals surface area contributed by atoms with Crippen molar-refractivity contribution in [1.29, 1.82) is 0 Å². The number of carbonyl (C=O) groups is 2. The third kappa shape index (κ3) is 6.01. The van der Waals surface area contributed by atoms with Gasteiger partial charge < -0.3 is 20.5 Å². The van der Waals surface area contributed by atoms with Gasteiger partial charge in [0, 0.05) is 18.5 Å². The van der Waals surface area contributed by atoms with E-state index in [4.69, 9.17) is 4.74 Å². The Bertz CT molecular complexity index is 794. The van der Waals surface area contributed by atoms with Crippen molar-refractivity contribution in [2.24, 2.45) is 5.92 Å². The van der Waals surface area contributed by atoms with Gasteiger partial charge >= 0.3 is 6.09 Å². The highest BCUT2D eigenvalue weighted by molar-refractivity contribution is 5.79. The molecule has 1 saturated carbocycles. The number of nitrogens with one attached hydrogen (secondary N) is 2. The molecule has 0 heterocycles. The van der Waals surface area contributed by atoms with Crippen molar-refractivity contribution in [3.05, 3.63) is 65.7 Å². The maximum Gasteiger partial charge on any atom is 0.407 e. The van der Waals surface area contributed by atoms with Crippen LogP contribution in [0.15, 0.2) is 54.6 Å². The van der Waals surface area contributed by atoms with Crippen molar-refractivity contribution in [3.63, 3.8) is 0 Å². The molecule has 2 aromatic carbocycles. The zero-order valence-electron chi connectivity index (χ0n) is 15.8. The summed E-state index contributed by atoms with van der Waals surface area (Å²) in [5.41, 5.74) is 1.92. The van der Waals surface area contributed by atoms with Crippen LogP contribution in [0.2, 0.25) is 0 Å². The second kappa shape index (κ2) is 9.78. The van der Waals surface area contributed by atoms with Crippen LogP contribution >= 0.6 is 0 Å². The number of phenolic OH excluding ortho intramolecular Hbond substituents is 1. The van der Waals surface area contributed by atoms with Crippen molar-refractivity contribution < 1.29 is 19.4 Å². The summed E-state index contributed by atoms with van der Waals surface area (Å²) in [5, 5.41) is 15.3. The molecule has 0 radical (unpaired) electrons. The number of rotatable bonds is 7. The highest BCUT2D eigenvalue weighted by atomic mass is 16.5. The third-order valence-corrected chi connectivity index (χ3v) is 4.96. The third-order valence-electron chi connectivity index (χ3n) is 4.96. The van der Waals surface area contributed by atoms with Crippen molar-refractivity contribution in [2.75, 3.05) is 6.54 Å². The summed E-state index contributed by atoms with van der Waals surface area (Å²) in [4.78, 5) is 24.3. The van der Waals surface area contributed by atoms with Gasteiger partial charge in [0.05, 0.1) is 0 Å². The van der Waals surface area contributed by atoms with Gasteiger partial charge in [-0.2, -0.15) is 0 Å². The van der Waals surface area contributed by atoms with Gasteiger partial charge in [0.2, 0.25) is 5.91 Å². The average molecular weight is 382 g/mol. The molecule has 0 spiro atoms. The lowest BCUT2D eigenvalue weighted by Gasteiger charge is -2.14. The molecule has 0 unspecified atom stereocenters. The molecule has 0 aromatic heterocycles. The maximum atomic E-state index is 12.3. The number of phenols is 1. The lowest BCUT2D eigenvalue weighted by atomic mass is 10.1. The molecule has 0 bridgehead atoms. The fraction of sp³-hybridized carbons (Fsp3) is 0.364. The molecule has 3 N–H and O–H groups in total. The van der Waals surface area contributed by atoms with Gasteiger partial charge in [0.15, 0.2) is 0 Å². The molecule has 2 amide bonds. The first-order valence-electron chi connectivity index (χ1n) is 9.63. The number of benzene rings is 2. The first-order chi connectivity index (χ1) is 13.6. The number of carbonyl (C=O) groups excluding carboxylic acids is 2. The Morgan fingerprint density at radius 1 is 1.04 bits per heavy atom. The largest absolute Gasteiger partial charge is 0.508 e. The Kier molecular flexibility index (Phi) is 6.89. The zero-order valence-corrected chi connectivity index (χ0v) is 15.8. The minimum absolute atomic E-state index is 0.0158. The molecule has 0 aliphatic heterocycles. The van der Waals surface area contributed by atoms with E-state index in [2.05, 4.69) is 10.6 Å². The molecular formula is C22H26N2O4. The SMILES string of the molecule is O=C(N[C@H]1CC[C@@H](C(=O)NCCc2cccc(O)c2)C1)OCc1ccccc1. The predicted octanol–water partition coefficient (Wildman–Crippen LogP) is 3.15. The monoisotopic (exact) mass is 382 g/mol. The van der Waals surface area contributed by atoms with Crippen LogP contribution in [-0.2, 0) is 22.6 Å². The number of amides is 2. The lowest BCUT2D eigenvalue weighted by molar-refractivity contribution is -0.124. The molecule has 6 heteroatoms. The Morgan fingerprint density at radius 3 is 2.61 bits per heavy atom. The Labute approximate surface area is 164 Å². The summed E-state index contributed by atoms with van der Waals surface area (Å²) in [5.74, 6) is 0.151. The van der Waals surface area contributed by atoms with Gasteiger partial charge in [-0.1, -0.05) is 42.5 Å². The summed E-state index contributed by atoms with van der Waals surface area (Å²) < 4.78 is 5.24. The van der Waals surface area contributed by atoms with Gasteiger partial charge in [-0.05, 0) is 48.9 Å². The Balaban J connectivity index is 1.34. The minimum atomic E-state index is -0.446.